The first-order valence-electron chi connectivity index (χ1n) is 7.19. The second-order valence-electron chi connectivity index (χ2n) is 5.27. The topological polar surface area (TPSA) is 138 Å². The van der Waals surface area contributed by atoms with Gasteiger partial charge in [0.1, 0.15) is 0 Å². The predicted octanol–water partition coefficient (Wildman–Crippen LogP) is 2.07. The van der Waals surface area contributed by atoms with Crippen molar-refractivity contribution in [2.24, 2.45) is 5.92 Å². The first-order chi connectivity index (χ1) is 11.8. The van der Waals surface area contributed by atoms with Crippen LogP contribution in [0.15, 0.2) is 36.4 Å². The average Bonchev–Trinajstić information content (AvgIpc) is 2.59. The van der Waals surface area contributed by atoms with Crippen molar-refractivity contribution in [2.75, 3.05) is 6.61 Å². The maximum Gasteiger partial charge on any atom is 0.339 e. The van der Waals surface area contributed by atoms with Crippen molar-refractivity contribution >= 4 is 23.9 Å². The Morgan fingerprint density at radius 3 is 1.88 bits per heavy atom. The van der Waals surface area contributed by atoms with E-state index in [9.17, 15) is 24.3 Å². The van der Waals surface area contributed by atoms with Crippen LogP contribution in [0.4, 0.5) is 0 Å². The van der Waals surface area contributed by atoms with Gasteiger partial charge in [0.25, 0.3) is 0 Å². The first-order valence-corrected chi connectivity index (χ1v) is 7.19. The summed E-state index contributed by atoms with van der Waals surface area (Å²) in [6.07, 6.45) is 7.97. The molecule has 25 heavy (non-hydrogen) atoms. The van der Waals surface area contributed by atoms with Gasteiger partial charge in [-0.2, -0.15) is 0 Å². The van der Waals surface area contributed by atoms with E-state index in [2.05, 4.69) is 0 Å². The molecular formula is C17H14O8. The van der Waals surface area contributed by atoms with E-state index in [0.717, 1.165) is 0 Å². The number of carboxylic acids is 3. The molecular weight excluding hydrogens is 332 g/mol. The third kappa shape index (κ3) is 4.11. The Balaban J connectivity index is 2.35. The molecule has 8 nitrogen and oxygen atoms in total. The van der Waals surface area contributed by atoms with Crippen molar-refractivity contribution in [3.63, 3.8) is 0 Å². The van der Waals surface area contributed by atoms with Gasteiger partial charge in [0.15, 0.2) is 0 Å². The third-order valence-corrected chi connectivity index (χ3v) is 3.57. The molecule has 0 saturated heterocycles. The van der Waals surface area contributed by atoms with Gasteiger partial charge in [0.2, 0.25) is 0 Å². The van der Waals surface area contributed by atoms with Crippen molar-refractivity contribution in [3.05, 3.63) is 58.7 Å². The molecule has 0 heterocycles. The number of carbonyl (C=O) groups excluding carboxylic acids is 1. The maximum atomic E-state index is 12.2. The van der Waals surface area contributed by atoms with E-state index in [1.165, 1.54) is 0 Å². The van der Waals surface area contributed by atoms with Crippen LogP contribution in [-0.2, 0) is 4.74 Å². The summed E-state index contributed by atoms with van der Waals surface area (Å²) in [7, 11) is 0. The first kappa shape index (κ1) is 17.9. The van der Waals surface area contributed by atoms with E-state index in [1.807, 2.05) is 18.2 Å². The summed E-state index contributed by atoms with van der Waals surface area (Å²) in [5.41, 5.74) is -2.55. The Labute approximate surface area is 141 Å². The van der Waals surface area contributed by atoms with Crippen molar-refractivity contribution < 1.29 is 39.2 Å². The Morgan fingerprint density at radius 2 is 1.40 bits per heavy atom. The fraction of sp³-hybridized carbons (Fsp3) is 0.176. The highest BCUT2D eigenvalue weighted by atomic mass is 16.5. The van der Waals surface area contributed by atoms with E-state index in [-0.39, 0.29) is 12.5 Å². The predicted molar refractivity (Wildman–Crippen MR) is 84.0 cm³/mol. The summed E-state index contributed by atoms with van der Waals surface area (Å²) in [5, 5.41) is 27.3. The molecule has 8 heteroatoms. The van der Waals surface area contributed by atoms with Gasteiger partial charge in [0, 0.05) is 5.92 Å². The average molecular weight is 346 g/mol. The summed E-state index contributed by atoms with van der Waals surface area (Å²) >= 11 is 0. The Bertz CT molecular complexity index is 803. The molecule has 0 saturated carbocycles. The summed E-state index contributed by atoms with van der Waals surface area (Å²) < 4.78 is 5.07. The van der Waals surface area contributed by atoms with Crippen LogP contribution < -0.4 is 0 Å². The van der Waals surface area contributed by atoms with E-state index >= 15 is 0 Å². The SMILES string of the molecule is O=C(O)c1cc(C(=O)O)c(C(=O)OCC2C=CC=CC2)cc1C(=O)O. The van der Waals surface area contributed by atoms with Gasteiger partial charge >= 0.3 is 23.9 Å². The number of benzene rings is 1. The number of esters is 1. The maximum absolute atomic E-state index is 12.2. The number of carbonyl (C=O) groups is 4. The Kier molecular flexibility index (Phi) is 5.33. The van der Waals surface area contributed by atoms with Gasteiger partial charge in [-0.3, -0.25) is 0 Å². The number of ether oxygens (including phenoxy) is 1. The fourth-order valence-corrected chi connectivity index (χ4v) is 2.32. The van der Waals surface area contributed by atoms with E-state index in [1.54, 1.807) is 6.08 Å². The van der Waals surface area contributed by atoms with Crippen LogP contribution in [0.2, 0.25) is 0 Å². The van der Waals surface area contributed by atoms with Crippen LogP contribution in [0.5, 0.6) is 0 Å². The normalized spacial score (nSPS) is 15.6. The number of carboxylic acid groups (broad SMARTS) is 3. The minimum atomic E-state index is -1.61. The van der Waals surface area contributed by atoms with E-state index in [0.29, 0.717) is 18.6 Å². The molecule has 0 spiro atoms. The minimum absolute atomic E-state index is 0.0121. The molecule has 130 valence electrons. The molecule has 1 aromatic carbocycles. The largest absolute Gasteiger partial charge is 0.478 e. The zero-order valence-electron chi connectivity index (χ0n) is 12.8. The molecule has 2 rings (SSSR count). The van der Waals surface area contributed by atoms with Crippen LogP contribution in [0, 0.1) is 5.92 Å². The number of allylic oxidation sites excluding steroid dienone is 3. The lowest BCUT2D eigenvalue weighted by Crippen LogP contribution is -2.19. The van der Waals surface area contributed by atoms with Gasteiger partial charge < -0.3 is 20.1 Å². The van der Waals surface area contributed by atoms with Crippen molar-refractivity contribution in [2.45, 2.75) is 6.42 Å². The van der Waals surface area contributed by atoms with Gasteiger partial charge in [-0.25, -0.2) is 19.2 Å². The van der Waals surface area contributed by atoms with Crippen LogP contribution >= 0.6 is 0 Å². The number of hydrogen-bond acceptors (Lipinski definition) is 5. The quantitative estimate of drug-likeness (QED) is 0.665. The Morgan fingerprint density at radius 1 is 0.880 bits per heavy atom. The molecule has 1 aliphatic rings. The molecule has 1 atom stereocenters. The van der Waals surface area contributed by atoms with Gasteiger partial charge in [-0.1, -0.05) is 24.3 Å². The molecule has 0 bridgehead atoms. The lowest BCUT2D eigenvalue weighted by Gasteiger charge is -2.14. The monoisotopic (exact) mass is 346 g/mol. The smallest absolute Gasteiger partial charge is 0.339 e. The molecule has 0 amide bonds. The second kappa shape index (κ2) is 7.43. The molecule has 0 fully saturated rings. The summed E-state index contributed by atoms with van der Waals surface area (Å²) in [4.78, 5) is 45.9. The minimum Gasteiger partial charge on any atom is -0.478 e. The van der Waals surface area contributed by atoms with Crippen LogP contribution in [0.1, 0.15) is 47.9 Å². The molecule has 1 aromatic rings. The number of rotatable bonds is 6. The van der Waals surface area contributed by atoms with Crippen LogP contribution in [0.3, 0.4) is 0 Å². The molecule has 0 aliphatic heterocycles. The van der Waals surface area contributed by atoms with E-state index in [4.69, 9.17) is 14.9 Å². The van der Waals surface area contributed by atoms with Gasteiger partial charge in [0.05, 0.1) is 28.9 Å². The summed E-state index contributed by atoms with van der Waals surface area (Å²) in [6.45, 7) is -0.0121. The van der Waals surface area contributed by atoms with Crippen molar-refractivity contribution in [3.8, 4) is 0 Å². The summed E-state index contributed by atoms with van der Waals surface area (Å²) in [6, 6.07) is 1.36. The number of aromatic carboxylic acids is 3. The zero-order valence-corrected chi connectivity index (χ0v) is 12.8. The third-order valence-electron chi connectivity index (χ3n) is 3.57. The second-order valence-corrected chi connectivity index (χ2v) is 5.27. The van der Waals surface area contributed by atoms with Gasteiger partial charge in [-0.15, -0.1) is 0 Å². The standard InChI is InChI=1S/C17H14O8/c18-14(19)10-6-12(16(22)23)13(7-11(10)15(20)21)17(24)25-8-9-4-2-1-3-5-9/h1-4,6-7,9H,5,8H2,(H,18,19)(H,20,21)(H,22,23). The highest BCUT2D eigenvalue weighted by molar-refractivity contribution is 6.09. The zero-order chi connectivity index (χ0) is 18.6. The summed E-state index contributed by atoms with van der Waals surface area (Å²) in [5.74, 6) is -5.87. The highest BCUT2D eigenvalue weighted by Crippen LogP contribution is 2.20. The van der Waals surface area contributed by atoms with Crippen molar-refractivity contribution in [1.29, 1.82) is 0 Å². The molecule has 0 aromatic heterocycles. The van der Waals surface area contributed by atoms with Crippen molar-refractivity contribution in [1.82, 2.24) is 0 Å². The highest BCUT2D eigenvalue weighted by Gasteiger charge is 2.26. The van der Waals surface area contributed by atoms with Crippen LogP contribution in [0.25, 0.3) is 0 Å². The van der Waals surface area contributed by atoms with Crippen LogP contribution in [-0.4, -0.2) is 45.8 Å². The molecule has 3 N–H and O–H groups in total. The molecule has 1 unspecified atom stereocenters. The lowest BCUT2D eigenvalue weighted by molar-refractivity contribution is 0.0455. The molecule has 1 aliphatic carbocycles. The number of hydrogen-bond donors (Lipinski definition) is 3. The van der Waals surface area contributed by atoms with E-state index < -0.39 is 46.1 Å². The fourth-order valence-electron chi connectivity index (χ4n) is 2.32. The lowest BCUT2D eigenvalue weighted by atomic mass is 9.98. The molecule has 0 radical (unpaired) electrons. The Hall–Kier alpha value is -3.42. The van der Waals surface area contributed by atoms with Gasteiger partial charge in [-0.05, 0) is 18.6 Å².